The van der Waals surface area contributed by atoms with Crippen molar-refractivity contribution in [2.75, 3.05) is 30.5 Å². The van der Waals surface area contributed by atoms with Gasteiger partial charge in [-0.2, -0.15) is 0 Å². The van der Waals surface area contributed by atoms with E-state index in [1.165, 1.54) is 6.26 Å². The van der Waals surface area contributed by atoms with Crippen LogP contribution in [0.3, 0.4) is 0 Å². The van der Waals surface area contributed by atoms with Crippen molar-refractivity contribution >= 4 is 33.0 Å². The lowest BCUT2D eigenvalue weighted by Crippen LogP contribution is -2.25. The molecule has 0 saturated heterocycles. The quantitative estimate of drug-likeness (QED) is 0.365. The molecule has 0 saturated carbocycles. The number of anilines is 1. The molecule has 0 heterocycles. The van der Waals surface area contributed by atoms with Crippen LogP contribution in [0.4, 0.5) is 5.69 Å². The molecule has 0 spiro atoms. The minimum atomic E-state index is -3.01. The van der Waals surface area contributed by atoms with Crippen molar-refractivity contribution in [3.63, 3.8) is 0 Å². The molecule has 0 aliphatic rings. The molecular weight excluding hydrogens is 290 g/mol. The summed E-state index contributed by atoms with van der Waals surface area (Å²) < 4.78 is 22.2. The van der Waals surface area contributed by atoms with Gasteiger partial charge in [-0.3, -0.25) is 0 Å². The highest BCUT2D eigenvalue weighted by molar-refractivity contribution is 7.90. The van der Waals surface area contributed by atoms with E-state index in [2.05, 4.69) is 5.16 Å². The second-order valence-electron chi connectivity index (χ2n) is 4.20. The fourth-order valence-corrected chi connectivity index (χ4v) is 2.31. The molecule has 8 heteroatoms. The maximum absolute atomic E-state index is 11.1. The number of nitrogens with zero attached hydrogens (tertiary/aromatic N) is 2. The van der Waals surface area contributed by atoms with Gasteiger partial charge in [0, 0.05) is 31.1 Å². The number of halogens is 1. The zero-order chi connectivity index (χ0) is 14.6. The Morgan fingerprint density at radius 3 is 2.63 bits per heavy atom. The van der Waals surface area contributed by atoms with Crippen LogP contribution in [-0.2, 0) is 9.84 Å². The highest BCUT2D eigenvalue weighted by atomic mass is 35.5. The minimum Gasteiger partial charge on any atom is -0.409 e. The van der Waals surface area contributed by atoms with E-state index in [9.17, 15) is 8.42 Å². The highest BCUT2D eigenvalue weighted by Gasteiger charge is 2.10. The summed E-state index contributed by atoms with van der Waals surface area (Å²) in [5.74, 6) is -0.0151. The van der Waals surface area contributed by atoms with E-state index >= 15 is 0 Å². The average Bonchev–Trinajstić information content (AvgIpc) is 2.34. The standard InChI is InChI=1S/C11H16ClN3O3S/c1-15(5-6-19(2,17)18)8-3-4-9(10(12)7-8)11(13)14-16/h3-4,7,16H,5-6H2,1-2H3,(H2,13,14). The van der Waals surface area contributed by atoms with Crippen LogP contribution in [0.15, 0.2) is 23.4 Å². The molecule has 19 heavy (non-hydrogen) atoms. The number of oxime groups is 1. The summed E-state index contributed by atoms with van der Waals surface area (Å²) in [4.78, 5) is 1.77. The van der Waals surface area contributed by atoms with E-state index in [4.69, 9.17) is 22.5 Å². The molecule has 0 aliphatic heterocycles. The van der Waals surface area contributed by atoms with Gasteiger partial charge in [-0.1, -0.05) is 16.8 Å². The number of amidine groups is 1. The van der Waals surface area contributed by atoms with Crippen LogP contribution in [0.5, 0.6) is 0 Å². The lowest BCUT2D eigenvalue weighted by atomic mass is 10.2. The van der Waals surface area contributed by atoms with E-state index in [1.807, 2.05) is 0 Å². The average molecular weight is 306 g/mol. The predicted octanol–water partition coefficient (Wildman–Crippen LogP) is 0.915. The third-order valence-corrected chi connectivity index (χ3v) is 3.81. The number of nitrogens with two attached hydrogens (primary N) is 1. The van der Waals surface area contributed by atoms with Gasteiger partial charge in [-0.15, -0.1) is 0 Å². The van der Waals surface area contributed by atoms with Gasteiger partial charge in [0.05, 0.1) is 10.8 Å². The summed E-state index contributed by atoms with van der Waals surface area (Å²) in [6.45, 7) is 0.359. The van der Waals surface area contributed by atoms with Crippen molar-refractivity contribution in [3.8, 4) is 0 Å². The van der Waals surface area contributed by atoms with Crippen molar-refractivity contribution in [2.45, 2.75) is 0 Å². The second kappa shape index (κ2) is 6.12. The van der Waals surface area contributed by atoms with Gasteiger partial charge in [0.15, 0.2) is 5.84 Å². The van der Waals surface area contributed by atoms with Crippen LogP contribution in [0.2, 0.25) is 5.02 Å². The van der Waals surface area contributed by atoms with Crippen LogP contribution < -0.4 is 10.6 Å². The summed E-state index contributed by atoms with van der Waals surface area (Å²) >= 11 is 6.02. The topological polar surface area (TPSA) is 96.0 Å². The second-order valence-corrected chi connectivity index (χ2v) is 6.87. The normalized spacial score (nSPS) is 12.5. The Bertz CT molecular complexity index is 587. The Labute approximate surface area is 117 Å². The monoisotopic (exact) mass is 305 g/mol. The predicted molar refractivity (Wildman–Crippen MR) is 76.9 cm³/mol. The molecule has 6 nitrogen and oxygen atoms in total. The number of sulfone groups is 1. The molecule has 106 valence electrons. The Morgan fingerprint density at radius 1 is 1.53 bits per heavy atom. The molecule has 0 aliphatic carbocycles. The molecule has 0 unspecified atom stereocenters. The Hall–Kier alpha value is -1.47. The van der Waals surface area contributed by atoms with Crippen molar-refractivity contribution in [3.05, 3.63) is 28.8 Å². The van der Waals surface area contributed by atoms with Crippen molar-refractivity contribution in [2.24, 2.45) is 10.9 Å². The first kappa shape index (κ1) is 15.6. The summed E-state index contributed by atoms with van der Waals surface area (Å²) in [5.41, 5.74) is 6.63. The first-order chi connectivity index (χ1) is 8.74. The lowest BCUT2D eigenvalue weighted by Gasteiger charge is -2.19. The van der Waals surface area contributed by atoms with E-state index in [0.29, 0.717) is 17.1 Å². The molecule has 1 aromatic carbocycles. The van der Waals surface area contributed by atoms with E-state index in [1.54, 1.807) is 30.1 Å². The smallest absolute Gasteiger partial charge is 0.171 e. The Morgan fingerprint density at radius 2 is 2.16 bits per heavy atom. The maximum Gasteiger partial charge on any atom is 0.171 e. The van der Waals surface area contributed by atoms with Crippen molar-refractivity contribution in [1.82, 2.24) is 0 Å². The summed E-state index contributed by atoms with van der Waals surface area (Å²) in [6, 6.07) is 4.97. The minimum absolute atomic E-state index is 0.0586. The molecule has 0 fully saturated rings. The summed E-state index contributed by atoms with van der Waals surface area (Å²) in [5, 5.41) is 11.8. The van der Waals surface area contributed by atoms with Crippen LogP contribution in [0.1, 0.15) is 5.56 Å². The lowest BCUT2D eigenvalue weighted by molar-refractivity contribution is 0.318. The van der Waals surface area contributed by atoms with Gasteiger partial charge in [-0.25, -0.2) is 8.42 Å². The van der Waals surface area contributed by atoms with Gasteiger partial charge < -0.3 is 15.8 Å². The first-order valence-electron chi connectivity index (χ1n) is 5.41. The largest absolute Gasteiger partial charge is 0.409 e. The van der Waals surface area contributed by atoms with Gasteiger partial charge in [-0.05, 0) is 18.2 Å². The molecule has 0 aromatic heterocycles. The van der Waals surface area contributed by atoms with Crippen molar-refractivity contribution in [1.29, 1.82) is 0 Å². The summed E-state index contributed by atoms with van der Waals surface area (Å²) in [7, 11) is -1.25. The number of hydrogen-bond acceptors (Lipinski definition) is 5. The van der Waals surface area contributed by atoms with E-state index in [-0.39, 0.29) is 11.6 Å². The van der Waals surface area contributed by atoms with Crippen LogP contribution in [-0.4, -0.2) is 45.1 Å². The maximum atomic E-state index is 11.1. The molecule has 0 atom stereocenters. The molecule has 3 N–H and O–H groups in total. The Kier molecular flexibility index (Phi) is 5.02. The number of rotatable bonds is 5. The summed E-state index contributed by atoms with van der Waals surface area (Å²) in [6.07, 6.45) is 1.19. The molecular formula is C11H16ClN3O3S. The van der Waals surface area contributed by atoms with E-state index in [0.717, 1.165) is 5.69 Å². The first-order valence-corrected chi connectivity index (χ1v) is 7.85. The van der Waals surface area contributed by atoms with Crippen molar-refractivity contribution < 1.29 is 13.6 Å². The third-order valence-electron chi connectivity index (χ3n) is 2.57. The van der Waals surface area contributed by atoms with Crippen LogP contribution >= 0.6 is 11.6 Å². The van der Waals surface area contributed by atoms with Gasteiger partial charge in [0.2, 0.25) is 0 Å². The molecule has 0 radical (unpaired) electrons. The fourth-order valence-electron chi connectivity index (χ4n) is 1.43. The Balaban J connectivity index is 2.89. The van der Waals surface area contributed by atoms with Gasteiger partial charge in [0.25, 0.3) is 0 Å². The van der Waals surface area contributed by atoms with Gasteiger partial charge in [0.1, 0.15) is 9.84 Å². The fraction of sp³-hybridized carbons (Fsp3) is 0.364. The SMILES string of the molecule is CN(CCS(C)(=O)=O)c1ccc(C(N)=NO)c(Cl)c1. The van der Waals surface area contributed by atoms with Crippen LogP contribution in [0, 0.1) is 0 Å². The molecule has 0 amide bonds. The highest BCUT2D eigenvalue weighted by Crippen LogP contribution is 2.23. The zero-order valence-electron chi connectivity index (χ0n) is 10.7. The molecule has 1 rings (SSSR count). The molecule has 1 aromatic rings. The number of benzene rings is 1. The zero-order valence-corrected chi connectivity index (χ0v) is 12.2. The van der Waals surface area contributed by atoms with Crippen LogP contribution in [0.25, 0.3) is 0 Å². The van der Waals surface area contributed by atoms with E-state index < -0.39 is 9.84 Å². The number of hydrogen-bond donors (Lipinski definition) is 2. The third kappa shape index (κ3) is 4.60. The van der Waals surface area contributed by atoms with Gasteiger partial charge >= 0.3 is 0 Å². The molecule has 0 bridgehead atoms.